The van der Waals surface area contributed by atoms with Gasteiger partial charge in [0.2, 0.25) is 0 Å². The summed E-state index contributed by atoms with van der Waals surface area (Å²) >= 11 is 1.53. The zero-order valence-corrected chi connectivity index (χ0v) is 11.8. The molecule has 1 saturated heterocycles. The molecule has 1 unspecified atom stereocenters. The number of rotatable bonds is 4. The van der Waals surface area contributed by atoms with Gasteiger partial charge in [-0.05, 0) is 0 Å². The number of nitrogens with one attached hydrogen (secondary N) is 1. The number of aromatic nitrogens is 4. The van der Waals surface area contributed by atoms with E-state index in [0.29, 0.717) is 12.4 Å². The van der Waals surface area contributed by atoms with Crippen LogP contribution < -0.4 is 0 Å². The number of nitrogens with zero attached hydrogens (tertiary/aromatic N) is 5. The highest BCUT2D eigenvalue weighted by molar-refractivity contribution is 7.09. The number of hydroxylamine groups is 2. The van der Waals surface area contributed by atoms with Crippen molar-refractivity contribution < 1.29 is 9.63 Å². The average molecular weight is 304 g/mol. The summed E-state index contributed by atoms with van der Waals surface area (Å²) in [5.41, 5.74) is 2.62. The highest BCUT2D eigenvalue weighted by atomic mass is 32.1. The normalized spacial score (nSPS) is 23.5. The molecule has 2 atom stereocenters. The molecule has 0 radical (unpaired) electrons. The van der Waals surface area contributed by atoms with E-state index >= 15 is 0 Å². The van der Waals surface area contributed by atoms with Crippen molar-refractivity contribution in [3.8, 4) is 0 Å². The molecule has 4 rings (SSSR count). The number of carbonyl (C=O) groups is 1. The molecular weight excluding hydrogens is 292 g/mol. The predicted molar refractivity (Wildman–Crippen MR) is 73.2 cm³/mol. The second kappa shape index (κ2) is 4.64. The van der Waals surface area contributed by atoms with Crippen molar-refractivity contribution in [2.24, 2.45) is 0 Å². The quantitative estimate of drug-likeness (QED) is 0.859. The van der Waals surface area contributed by atoms with Crippen molar-refractivity contribution in [1.29, 1.82) is 0 Å². The molecule has 2 aliphatic rings. The van der Waals surface area contributed by atoms with Crippen LogP contribution in [-0.4, -0.2) is 49.3 Å². The lowest BCUT2D eigenvalue weighted by Gasteiger charge is -2.27. The summed E-state index contributed by atoms with van der Waals surface area (Å²) in [5.74, 6) is 0.611. The molecule has 0 saturated carbocycles. The van der Waals surface area contributed by atoms with Crippen molar-refractivity contribution in [2.75, 3.05) is 13.2 Å². The van der Waals surface area contributed by atoms with E-state index in [1.807, 2.05) is 0 Å². The molecule has 2 bridgehead atoms. The third-order valence-electron chi connectivity index (χ3n) is 3.61. The van der Waals surface area contributed by atoms with Crippen molar-refractivity contribution in [2.45, 2.75) is 12.1 Å². The average Bonchev–Trinajstić information content (AvgIpc) is 3.21. The molecule has 2 aliphatic heterocycles. The van der Waals surface area contributed by atoms with Gasteiger partial charge in [-0.25, -0.2) is 14.8 Å². The van der Waals surface area contributed by atoms with Gasteiger partial charge in [0.05, 0.1) is 29.2 Å². The van der Waals surface area contributed by atoms with Crippen LogP contribution in [0.5, 0.6) is 0 Å². The number of hydrogen-bond donors (Lipinski definition) is 1. The van der Waals surface area contributed by atoms with E-state index in [1.54, 1.807) is 16.5 Å². The van der Waals surface area contributed by atoms with Crippen LogP contribution in [0, 0.1) is 0 Å². The summed E-state index contributed by atoms with van der Waals surface area (Å²) in [7, 11) is 0. The lowest BCUT2D eigenvalue weighted by molar-refractivity contribution is -0.118. The maximum Gasteiger partial charge on any atom is 0.345 e. The Morgan fingerprint density at radius 2 is 2.48 bits per heavy atom. The lowest BCUT2D eigenvalue weighted by atomic mass is 10.0. The van der Waals surface area contributed by atoms with Gasteiger partial charge in [0.25, 0.3) is 0 Å². The molecule has 2 amide bonds. The summed E-state index contributed by atoms with van der Waals surface area (Å²) in [5, 5.41) is 8.12. The van der Waals surface area contributed by atoms with E-state index in [4.69, 9.17) is 4.84 Å². The summed E-state index contributed by atoms with van der Waals surface area (Å²) in [6.45, 7) is 4.45. The van der Waals surface area contributed by atoms with Crippen LogP contribution in [0.25, 0.3) is 0 Å². The van der Waals surface area contributed by atoms with Gasteiger partial charge >= 0.3 is 6.03 Å². The monoisotopic (exact) mass is 304 g/mol. The molecular formula is C12H12N6O2S. The van der Waals surface area contributed by atoms with Gasteiger partial charge in [-0.3, -0.25) is 9.94 Å². The zero-order chi connectivity index (χ0) is 14.4. The van der Waals surface area contributed by atoms with E-state index in [0.717, 1.165) is 10.6 Å². The lowest BCUT2D eigenvalue weighted by Crippen LogP contribution is -2.35. The van der Waals surface area contributed by atoms with Gasteiger partial charge in [-0.15, -0.1) is 17.9 Å². The maximum atomic E-state index is 12.6. The molecule has 0 spiro atoms. The van der Waals surface area contributed by atoms with Crippen molar-refractivity contribution >= 4 is 17.4 Å². The molecule has 1 N–H and O–H groups in total. The molecule has 0 aliphatic carbocycles. The predicted octanol–water partition coefficient (Wildman–Crippen LogP) is 1.26. The Morgan fingerprint density at radius 3 is 3.24 bits per heavy atom. The maximum absolute atomic E-state index is 12.6. The Kier molecular flexibility index (Phi) is 2.76. The van der Waals surface area contributed by atoms with E-state index < -0.39 is 0 Å². The fraction of sp³-hybridized carbons (Fsp3) is 0.333. The molecule has 4 heterocycles. The molecule has 2 aromatic rings. The summed E-state index contributed by atoms with van der Waals surface area (Å²) < 4.78 is 0. The highest BCUT2D eigenvalue weighted by Crippen LogP contribution is 2.46. The smallest absolute Gasteiger partial charge is 0.304 e. The fourth-order valence-electron chi connectivity index (χ4n) is 2.77. The third-order valence-corrected chi connectivity index (χ3v) is 4.55. The van der Waals surface area contributed by atoms with E-state index in [2.05, 4.69) is 26.7 Å². The number of fused-ring (bicyclic) bond motifs is 4. The Labute approximate surface area is 124 Å². The van der Waals surface area contributed by atoms with Gasteiger partial charge in [0, 0.05) is 0 Å². The molecule has 8 nitrogen and oxygen atoms in total. The zero-order valence-electron chi connectivity index (χ0n) is 11.0. The van der Waals surface area contributed by atoms with E-state index in [-0.39, 0.29) is 24.7 Å². The molecule has 0 aromatic carbocycles. The van der Waals surface area contributed by atoms with Crippen LogP contribution in [0.3, 0.4) is 0 Å². The Hall–Kier alpha value is -2.26. The number of hydrogen-bond acceptors (Lipinski definition) is 6. The highest BCUT2D eigenvalue weighted by Gasteiger charge is 2.51. The van der Waals surface area contributed by atoms with Crippen LogP contribution in [0.4, 0.5) is 4.79 Å². The minimum atomic E-state index is -0.338. The second-order valence-corrected chi connectivity index (χ2v) is 5.62. The second-order valence-electron chi connectivity index (χ2n) is 4.74. The first-order valence-electron chi connectivity index (χ1n) is 6.43. The van der Waals surface area contributed by atoms with Crippen LogP contribution in [0.15, 0.2) is 24.5 Å². The minimum Gasteiger partial charge on any atom is -0.304 e. The number of thiazole rings is 1. The largest absolute Gasteiger partial charge is 0.345 e. The Bertz CT molecular complexity index is 684. The summed E-state index contributed by atoms with van der Waals surface area (Å²) in [6.07, 6.45) is 3.05. The first-order chi connectivity index (χ1) is 10.3. The minimum absolute atomic E-state index is 0.126. The van der Waals surface area contributed by atoms with Crippen LogP contribution >= 0.6 is 11.3 Å². The summed E-state index contributed by atoms with van der Waals surface area (Å²) in [6, 6.07) is -0.651. The molecule has 9 heteroatoms. The summed E-state index contributed by atoms with van der Waals surface area (Å²) in [4.78, 5) is 29.4. The number of amides is 2. The molecule has 21 heavy (non-hydrogen) atoms. The fourth-order valence-corrected chi connectivity index (χ4v) is 3.66. The number of aromatic amines is 1. The van der Waals surface area contributed by atoms with Crippen molar-refractivity contribution in [1.82, 2.24) is 30.1 Å². The van der Waals surface area contributed by atoms with Gasteiger partial charge in [-0.2, -0.15) is 10.2 Å². The first-order valence-corrected chi connectivity index (χ1v) is 7.31. The Morgan fingerprint density at radius 1 is 1.57 bits per heavy atom. The molecule has 108 valence electrons. The van der Waals surface area contributed by atoms with Crippen LogP contribution in [0.2, 0.25) is 0 Å². The Balaban J connectivity index is 1.78. The number of urea groups is 1. The van der Waals surface area contributed by atoms with E-state index in [9.17, 15) is 4.79 Å². The number of carbonyl (C=O) groups excluding carboxylic acids is 1. The van der Waals surface area contributed by atoms with Crippen molar-refractivity contribution in [3.05, 3.63) is 40.9 Å². The standard InChI is InChI=1S/C12H12N6O2S/c1-2-3-20-18-7-4-17(12(18)19)9(11-13-5-15-16-11)8-10(7)21-6-14-8/h2,5-7,9H,1,3-4H2,(H,13,15,16)/t7?,9-/m0/s1. The first kappa shape index (κ1) is 12.5. The molecule has 2 aromatic heterocycles. The SMILES string of the molecule is C=CCON1C(=O)N2CC1c1scnc1[C@H]2c1ncn[nH]1. The topological polar surface area (TPSA) is 87.2 Å². The molecule has 1 fully saturated rings. The number of H-pyrrole nitrogens is 1. The van der Waals surface area contributed by atoms with Gasteiger partial charge in [0.1, 0.15) is 18.4 Å². The van der Waals surface area contributed by atoms with Crippen LogP contribution in [0.1, 0.15) is 28.5 Å². The van der Waals surface area contributed by atoms with Crippen molar-refractivity contribution in [3.63, 3.8) is 0 Å². The van der Waals surface area contributed by atoms with Gasteiger partial charge in [-0.1, -0.05) is 6.08 Å². The van der Waals surface area contributed by atoms with Crippen LogP contribution in [-0.2, 0) is 4.84 Å². The van der Waals surface area contributed by atoms with Gasteiger partial charge in [0.15, 0.2) is 5.82 Å². The third kappa shape index (κ3) is 1.71. The van der Waals surface area contributed by atoms with Gasteiger partial charge < -0.3 is 4.90 Å². The van der Waals surface area contributed by atoms with E-state index in [1.165, 1.54) is 22.7 Å².